The van der Waals surface area contributed by atoms with Crippen molar-refractivity contribution in [3.8, 4) is 11.3 Å². The molecule has 24 heavy (non-hydrogen) atoms. The van der Waals surface area contributed by atoms with Crippen molar-refractivity contribution in [1.29, 1.82) is 0 Å². The highest BCUT2D eigenvalue weighted by Gasteiger charge is 2.16. The summed E-state index contributed by atoms with van der Waals surface area (Å²) in [6, 6.07) is 11.1. The van der Waals surface area contributed by atoms with E-state index in [1.165, 1.54) is 12.1 Å². The second-order valence-electron chi connectivity index (χ2n) is 5.54. The van der Waals surface area contributed by atoms with Crippen molar-refractivity contribution in [3.63, 3.8) is 0 Å². The Bertz CT molecular complexity index is 836. The summed E-state index contributed by atoms with van der Waals surface area (Å²) >= 11 is 0. The van der Waals surface area contributed by atoms with Gasteiger partial charge in [-0.1, -0.05) is 6.92 Å². The molecule has 0 saturated heterocycles. The lowest BCUT2D eigenvalue weighted by Gasteiger charge is -2.13. The van der Waals surface area contributed by atoms with Crippen molar-refractivity contribution in [1.82, 2.24) is 9.78 Å². The fraction of sp³-hybridized carbons (Fsp3) is 0.222. The zero-order chi connectivity index (χ0) is 17.1. The number of amides is 1. The van der Waals surface area contributed by atoms with Gasteiger partial charge in [0.1, 0.15) is 17.4 Å². The van der Waals surface area contributed by atoms with Gasteiger partial charge in [0.2, 0.25) is 0 Å². The molecule has 1 aromatic carbocycles. The molecule has 2 aromatic heterocycles. The van der Waals surface area contributed by atoms with Crippen molar-refractivity contribution in [2.24, 2.45) is 0 Å². The van der Waals surface area contributed by atoms with Gasteiger partial charge in [-0.2, -0.15) is 5.10 Å². The van der Waals surface area contributed by atoms with Crippen LogP contribution in [0.5, 0.6) is 0 Å². The molecule has 1 unspecified atom stereocenters. The van der Waals surface area contributed by atoms with Crippen molar-refractivity contribution in [2.75, 3.05) is 5.32 Å². The molecule has 1 N–H and O–H groups in total. The second kappa shape index (κ2) is 6.70. The summed E-state index contributed by atoms with van der Waals surface area (Å²) in [7, 11) is 0. The van der Waals surface area contributed by atoms with Crippen LogP contribution in [0.4, 0.5) is 10.2 Å². The smallest absolute Gasteiger partial charge is 0.292 e. The molecule has 0 spiro atoms. The van der Waals surface area contributed by atoms with E-state index in [2.05, 4.69) is 17.3 Å². The van der Waals surface area contributed by atoms with Crippen molar-refractivity contribution >= 4 is 11.7 Å². The molecule has 0 saturated carbocycles. The molecule has 3 rings (SSSR count). The molecule has 3 aromatic rings. The predicted octanol–water partition coefficient (Wildman–Crippen LogP) is 4.51. The summed E-state index contributed by atoms with van der Waals surface area (Å²) in [4.78, 5) is 12.4. The fourth-order valence-corrected chi connectivity index (χ4v) is 2.34. The Hall–Kier alpha value is -2.89. The van der Waals surface area contributed by atoms with E-state index >= 15 is 0 Å². The third kappa shape index (κ3) is 3.22. The maximum absolute atomic E-state index is 13.0. The molecule has 1 amide bonds. The van der Waals surface area contributed by atoms with Crippen LogP contribution in [-0.2, 0) is 0 Å². The van der Waals surface area contributed by atoms with Crippen molar-refractivity contribution < 1.29 is 13.6 Å². The van der Waals surface area contributed by atoms with Crippen LogP contribution < -0.4 is 5.32 Å². The molecule has 2 heterocycles. The molecular formula is C18H18FN3O2. The van der Waals surface area contributed by atoms with Gasteiger partial charge in [-0.3, -0.25) is 4.79 Å². The van der Waals surface area contributed by atoms with E-state index in [9.17, 15) is 9.18 Å². The largest absolute Gasteiger partial charge is 0.451 e. The maximum Gasteiger partial charge on any atom is 0.292 e. The molecule has 0 aliphatic carbocycles. The van der Waals surface area contributed by atoms with Crippen LogP contribution in [-0.4, -0.2) is 15.7 Å². The lowest BCUT2D eigenvalue weighted by molar-refractivity contribution is 0.0996. The van der Waals surface area contributed by atoms with Gasteiger partial charge in [-0.25, -0.2) is 9.07 Å². The number of rotatable bonds is 5. The summed E-state index contributed by atoms with van der Waals surface area (Å²) in [6.07, 6.45) is 2.55. The number of carbonyl (C=O) groups excluding carboxylic acids is 1. The topological polar surface area (TPSA) is 60.1 Å². The molecule has 0 radical (unpaired) electrons. The number of benzene rings is 1. The van der Waals surface area contributed by atoms with Crippen LogP contribution >= 0.6 is 0 Å². The maximum atomic E-state index is 13.0. The van der Waals surface area contributed by atoms with Crippen LogP contribution in [0.25, 0.3) is 11.3 Å². The number of halogens is 1. The minimum Gasteiger partial charge on any atom is -0.451 e. The minimum atomic E-state index is -0.353. The third-order valence-corrected chi connectivity index (χ3v) is 3.88. The number of hydrogen-bond acceptors (Lipinski definition) is 3. The van der Waals surface area contributed by atoms with E-state index < -0.39 is 0 Å². The van der Waals surface area contributed by atoms with Crippen LogP contribution in [0, 0.1) is 5.82 Å². The van der Waals surface area contributed by atoms with Gasteiger partial charge < -0.3 is 9.73 Å². The quantitative estimate of drug-likeness (QED) is 0.750. The number of nitrogens with one attached hydrogen (secondary N) is 1. The van der Waals surface area contributed by atoms with Gasteiger partial charge in [0.05, 0.1) is 12.2 Å². The molecular weight excluding hydrogens is 309 g/mol. The first-order valence-corrected chi connectivity index (χ1v) is 7.79. The number of anilines is 1. The van der Waals surface area contributed by atoms with E-state index in [0.29, 0.717) is 17.1 Å². The Morgan fingerprint density at radius 2 is 2.00 bits per heavy atom. The highest BCUT2D eigenvalue weighted by molar-refractivity contribution is 6.02. The number of aromatic nitrogens is 2. The fourth-order valence-electron chi connectivity index (χ4n) is 2.34. The molecule has 0 aliphatic heterocycles. The van der Waals surface area contributed by atoms with Crippen LogP contribution in [0.1, 0.15) is 36.9 Å². The third-order valence-electron chi connectivity index (χ3n) is 3.88. The van der Waals surface area contributed by atoms with Gasteiger partial charge >= 0.3 is 0 Å². The highest BCUT2D eigenvalue weighted by atomic mass is 19.1. The zero-order valence-electron chi connectivity index (χ0n) is 13.5. The van der Waals surface area contributed by atoms with Crippen molar-refractivity contribution in [3.05, 3.63) is 60.2 Å². The van der Waals surface area contributed by atoms with Gasteiger partial charge in [0, 0.05) is 11.6 Å². The van der Waals surface area contributed by atoms with Crippen molar-refractivity contribution in [2.45, 2.75) is 26.3 Å². The Morgan fingerprint density at radius 3 is 2.71 bits per heavy atom. The Balaban J connectivity index is 1.77. The summed E-state index contributed by atoms with van der Waals surface area (Å²) in [6.45, 7) is 4.08. The Labute approximate surface area is 139 Å². The SMILES string of the molecule is CCC(C)n1nccc1NC(=O)c1ccc(-c2ccc(F)cc2)o1. The molecule has 5 nitrogen and oxygen atoms in total. The second-order valence-corrected chi connectivity index (χ2v) is 5.54. The monoisotopic (exact) mass is 327 g/mol. The minimum absolute atomic E-state index is 0.182. The average Bonchev–Trinajstić information content (AvgIpc) is 3.24. The zero-order valence-corrected chi connectivity index (χ0v) is 13.5. The predicted molar refractivity (Wildman–Crippen MR) is 89.3 cm³/mol. The molecule has 0 aliphatic rings. The van der Waals surface area contributed by atoms with Gasteiger partial charge in [0.25, 0.3) is 5.91 Å². The van der Waals surface area contributed by atoms with Crippen LogP contribution in [0.3, 0.4) is 0 Å². The number of carbonyl (C=O) groups is 1. The average molecular weight is 327 g/mol. The number of furan rings is 1. The van der Waals surface area contributed by atoms with Crippen LogP contribution in [0.2, 0.25) is 0 Å². The van der Waals surface area contributed by atoms with Gasteiger partial charge in [-0.15, -0.1) is 0 Å². The Kier molecular flexibility index (Phi) is 4.46. The Morgan fingerprint density at radius 1 is 1.25 bits per heavy atom. The van der Waals surface area contributed by atoms with Gasteiger partial charge in [0.15, 0.2) is 5.76 Å². The first-order chi connectivity index (χ1) is 11.6. The number of hydrogen-bond donors (Lipinski definition) is 1. The van der Waals surface area contributed by atoms with Gasteiger partial charge in [-0.05, 0) is 49.7 Å². The number of nitrogens with zero attached hydrogens (tertiary/aromatic N) is 2. The van der Waals surface area contributed by atoms with E-state index in [4.69, 9.17) is 4.42 Å². The lowest BCUT2D eigenvalue weighted by Crippen LogP contribution is -2.16. The summed E-state index contributed by atoms with van der Waals surface area (Å²) in [5, 5.41) is 7.03. The molecule has 0 fully saturated rings. The van der Waals surface area contributed by atoms with E-state index in [1.807, 2.05) is 6.92 Å². The molecule has 0 bridgehead atoms. The first kappa shape index (κ1) is 16.0. The standard InChI is InChI=1S/C18H18FN3O2/c1-3-12(2)22-17(10-11-20-22)21-18(23)16-9-8-15(24-16)13-4-6-14(19)7-5-13/h4-12H,3H2,1-2H3,(H,21,23). The normalized spacial score (nSPS) is 12.1. The lowest BCUT2D eigenvalue weighted by atomic mass is 10.2. The first-order valence-electron chi connectivity index (χ1n) is 7.79. The van der Waals surface area contributed by atoms with E-state index in [-0.39, 0.29) is 23.5 Å². The molecule has 6 heteroatoms. The van der Waals surface area contributed by atoms with Crippen LogP contribution in [0.15, 0.2) is 53.1 Å². The van der Waals surface area contributed by atoms with E-state index in [0.717, 1.165) is 6.42 Å². The molecule has 1 atom stereocenters. The summed E-state index contributed by atoms with van der Waals surface area (Å²) in [5.74, 6) is 0.644. The summed E-state index contributed by atoms with van der Waals surface area (Å²) in [5.41, 5.74) is 0.708. The highest BCUT2D eigenvalue weighted by Crippen LogP contribution is 2.23. The summed E-state index contributed by atoms with van der Waals surface area (Å²) < 4.78 is 20.3. The van der Waals surface area contributed by atoms with E-state index in [1.54, 1.807) is 41.2 Å². The molecule has 124 valence electrons.